The van der Waals surface area contributed by atoms with Crippen LogP contribution in [0.25, 0.3) is 0 Å². The van der Waals surface area contributed by atoms with Crippen LogP contribution in [0.5, 0.6) is 0 Å². The van der Waals surface area contributed by atoms with Gasteiger partial charge in [-0.05, 0) is 43.5 Å². The van der Waals surface area contributed by atoms with E-state index in [-0.39, 0.29) is 16.9 Å². The first-order valence-electron chi connectivity index (χ1n) is 7.47. The van der Waals surface area contributed by atoms with E-state index >= 15 is 0 Å². The molecule has 1 aromatic carbocycles. The van der Waals surface area contributed by atoms with Crippen molar-refractivity contribution in [3.8, 4) is 0 Å². The van der Waals surface area contributed by atoms with Crippen molar-refractivity contribution < 1.29 is 4.39 Å². The Bertz CT molecular complexity index is 432. The fourth-order valence-electron chi connectivity index (χ4n) is 3.19. The largest absolute Gasteiger partial charge is 0.329 e. The number of hydrogen-bond donors (Lipinski definition) is 1. The Morgan fingerprint density at radius 3 is 2.65 bits per heavy atom. The van der Waals surface area contributed by atoms with Crippen molar-refractivity contribution in [2.24, 2.45) is 11.7 Å². The Balaban J connectivity index is 2.03. The van der Waals surface area contributed by atoms with Crippen LogP contribution in [0, 0.1) is 11.7 Å². The molecule has 1 aliphatic carbocycles. The number of rotatable bonds is 5. The fourth-order valence-corrected chi connectivity index (χ4v) is 3.38. The molecule has 0 heterocycles. The number of benzene rings is 1. The van der Waals surface area contributed by atoms with Crippen molar-refractivity contribution in [2.75, 3.05) is 20.1 Å². The number of nitrogens with zero attached hydrogens (tertiary/aromatic N) is 1. The molecule has 0 amide bonds. The first-order valence-corrected chi connectivity index (χ1v) is 7.85. The van der Waals surface area contributed by atoms with E-state index in [9.17, 15) is 4.39 Å². The van der Waals surface area contributed by atoms with Gasteiger partial charge in [0.15, 0.2) is 0 Å². The average molecular weight is 299 g/mol. The molecule has 0 aromatic heterocycles. The molecule has 0 saturated heterocycles. The van der Waals surface area contributed by atoms with E-state index in [0.29, 0.717) is 6.54 Å². The van der Waals surface area contributed by atoms with Gasteiger partial charge in [0.2, 0.25) is 0 Å². The van der Waals surface area contributed by atoms with Crippen LogP contribution in [-0.2, 0) is 0 Å². The van der Waals surface area contributed by atoms with Crippen LogP contribution in [0.2, 0.25) is 5.02 Å². The summed E-state index contributed by atoms with van der Waals surface area (Å²) in [7, 11) is 2.10. The predicted octanol–water partition coefficient (Wildman–Crippen LogP) is 3.99. The van der Waals surface area contributed by atoms with Gasteiger partial charge in [0.25, 0.3) is 0 Å². The average Bonchev–Trinajstić information content (AvgIpc) is 2.44. The molecular formula is C16H24ClFN2. The van der Waals surface area contributed by atoms with E-state index in [2.05, 4.69) is 11.9 Å². The highest BCUT2D eigenvalue weighted by Crippen LogP contribution is 2.28. The van der Waals surface area contributed by atoms with Crippen LogP contribution in [0.1, 0.15) is 43.7 Å². The zero-order chi connectivity index (χ0) is 14.5. The van der Waals surface area contributed by atoms with Crippen LogP contribution in [0.4, 0.5) is 4.39 Å². The van der Waals surface area contributed by atoms with Gasteiger partial charge in [-0.15, -0.1) is 0 Å². The van der Waals surface area contributed by atoms with E-state index in [1.165, 1.54) is 38.2 Å². The van der Waals surface area contributed by atoms with Crippen molar-refractivity contribution in [1.29, 1.82) is 0 Å². The molecule has 1 saturated carbocycles. The Hall–Kier alpha value is -0.640. The van der Waals surface area contributed by atoms with Gasteiger partial charge in [-0.1, -0.05) is 36.9 Å². The topological polar surface area (TPSA) is 29.3 Å². The second kappa shape index (κ2) is 7.39. The molecule has 0 bridgehead atoms. The summed E-state index contributed by atoms with van der Waals surface area (Å²) in [5.74, 6) is 0.389. The highest BCUT2D eigenvalue weighted by atomic mass is 35.5. The Morgan fingerprint density at radius 2 is 2.05 bits per heavy atom. The quantitative estimate of drug-likeness (QED) is 0.890. The summed E-state index contributed by atoms with van der Waals surface area (Å²) in [6.45, 7) is 1.57. The van der Waals surface area contributed by atoms with Gasteiger partial charge in [0, 0.05) is 19.1 Å². The maximum Gasteiger partial charge on any atom is 0.141 e. The molecule has 0 aliphatic heterocycles. The lowest BCUT2D eigenvalue weighted by molar-refractivity contribution is 0.185. The van der Waals surface area contributed by atoms with Gasteiger partial charge < -0.3 is 5.73 Å². The Labute approximate surface area is 126 Å². The maximum absolute atomic E-state index is 13.3. The molecule has 1 unspecified atom stereocenters. The second-order valence-electron chi connectivity index (χ2n) is 5.87. The molecule has 20 heavy (non-hydrogen) atoms. The van der Waals surface area contributed by atoms with Crippen LogP contribution in [0.3, 0.4) is 0 Å². The molecule has 2 rings (SSSR count). The van der Waals surface area contributed by atoms with Crippen LogP contribution >= 0.6 is 11.6 Å². The zero-order valence-corrected chi connectivity index (χ0v) is 12.9. The third-order valence-electron chi connectivity index (χ3n) is 4.35. The lowest BCUT2D eigenvalue weighted by Gasteiger charge is -2.32. The van der Waals surface area contributed by atoms with Gasteiger partial charge in [0.1, 0.15) is 5.82 Å². The number of hydrogen-bond acceptors (Lipinski definition) is 2. The SMILES string of the molecule is CN(CC1CCCCC1)C(CN)c1ccc(F)c(Cl)c1. The van der Waals surface area contributed by atoms with Crippen LogP contribution < -0.4 is 5.73 Å². The Morgan fingerprint density at radius 1 is 1.35 bits per heavy atom. The third-order valence-corrected chi connectivity index (χ3v) is 4.64. The summed E-state index contributed by atoms with van der Waals surface area (Å²) in [4.78, 5) is 2.29. The van der Waals surface area contributed by atoms with Crippen LogP contribution in [0.15, 0.2) is 18.2 Å². The molecule has 1 aliphatic rings. The number of nitrogens with two attached hydrogens (primary N) is 1. The van der Waals surface area contributed by atoms with E-state index in [1.807, 2.05) is 0 Å². The number of likely N-dealkylation sites (N-methyl/N-ethyl adjacent to an activating group) is 1. The van der Waals surface area contributed by atoms with Crippen molar-refractivity contribution in [3.63, 3.8) is 0 Å². The smallest absolute Gasteiger partial charge is 0.141 e. The van der Waals surface area contributed by atoms with Crippen LogP contribution in [-0.4, -0.2) is 25.0 Å². The lowest BCUT2D eigenvalue weighted by atomic mass is 9.88. The molecule has 2 N–H and O–H groups in total. The van der Waals surface area contributed by atoms with Gasteiger partial charge >= 0.3 is 0 Å². The summed E-state index contributed by atoms with van der Waals surface area (Å²) in [6.07, 6.45) is 6.67. The molecular weight excluding hydrogens is 275 g/mol. The summed E-state index contributed by atoms with van der Waals surface area (Å²) in [5.41, 5.74) is 6.92. The van der Waals surface area contributed by atoms with Gasteiger partial charge in [-0.2, -0.15) is 0 Å². The fraction of sp³-hybridized carbons (Fsp3) is 0.625. The molecule has 0 spiro atoms. The van der Waals surface area contributed by atoms with Crippen molar-refractivity contribution >= 4 is 11.6 Å². The standard InChI is InChI=1S/C16H24ClFN2/c1-20(11-12-5-3-2-4-6-12)16(10-19)13-7-8-15(18)14(17)9-13/h7-9,12,16H,2-6,10-11,19H2,1H3. The van der Waals surface area contributed by atoms with E-state index in [0.717, 1.165) is 18.0 Å². The normalized spacial score (nSPS) is 18.4. The minimum absolute atomic E-state index is 0.107. The second-order valence-corrected chi connectivity index (χ2v) is 6.28. The first-order chi connectivity index (χ1) is 9.61. The highest BCUT2D eigenvalue weighted by molar-refractivity contribution is 6.30. The monoisotopic (exact) mass is 298 g/mol. The van der Waals surface area contributed by atoms with Crippen molar-refractivity contribution in [1.82, 2.24) is 4.90 Å². The first kappa shape index (κ1) is 15.7. The van der Waals surface area contributed by atoms with Crippen molar-refractivity contribution in [2.45, 2.75) is 38.1 Å². The van der Waals surface area contributed by atoms with Gasteiger partial charge in [-0.25, -0.2) is 4.39 Å². The molecule has 4 heteroatoms. The summed E-state index contributed by atoms with van der Waals surface area (Å²) >= 11 is 5.88. The minimum Gasteiger partial charge on any atom is -0.329 e. The van der Waals surface area contributed by atoms with E-state index < -0.39 is 0 Å². The molecule has 1 aromatic rings. The summed E-state index contributed by atoms with van der Waals surface area (Å²) in [6, 6.07) is 5.02. The molecule has 1 fully saturated rings. The van der Waals surface area contributed by atoms with E-state index in [4.69, 9.17) is 17.3 Å². The summed E-state index contributed by atoms with van der Waals surface area (Å²) in [5, 5.41) is 0.173. The maximum atomic E-state index is 13.3. The number of halogens is 2. The highest BCUT2D eigenvalue weighted by Gasteiger charge is 2.21. The minimum atomic E-state index is -0.374. The lowest BCUT2D eigenvalue weighted by Crippen LogP contribution is -2.34. The van der Waals surface area contributed by atoms with Gasteiger partial charge in [0.05, 0.1) is 5.02 Å². The molecule has 0 radical (unpaired) electrons. The van der Waals surface area contributed by atoms with Gasteiger partial charge in [-0.3, -0.25) is 4.90 Å². The Kier molecular flexibility index (Phi) is 5.82. The molecule has 1 atom stereocenters. The molecule has 2 nitrogen and oxygen atoms in total. The summed E-state index contributed by atoms with van der Waals surface area (Å²) < 4.78 is 13.3. The zero-order valence-electron chi connectivity index (χ0n) is 12.1. The molecule has 112 valence electrons. The van der Waals surface area contributed by atoms with Crippen molar-refractivity contribution in [3.05, 3.63) is 34.6 Å². The predicted molar refractivity (Wildman–Crippen MR) is 82.4 cm³/mol. The van der Waals surface area contributed by atoms with E-state index in [1.54, 1.807) is 12.1 Å². The third kappa shape index (κ3) is 3.94.